The number of ether oxygens (including phenoxy) is 3. The molecule has 6 heteroatoms. The summed E-state index contributed by atoms with van der Waals surface area (Å²) in [5.41, 5.74) is 1.44. The van der Waals surface area contributed by atoms with Gasteiger partial charge in [0.1, 0.15) is 6.61 Å². The fourth-order valence-corrected chi connectivity index (χ4v) is 2.31. The summed E-state index contributed by atoms with van der Waals surface area (Å²) in [4.78, 5) is 25.3. The number of carbonyl (C=O) groups excluding carboxylic acids is 2. The van der Waals surface area contributed by atoms with E-state index in [-0.39, 0.29) is 18.9 Å². The number of rotatable bonds is 5. The fraction of sp³-hybridized carbons (Fsp3) is 0.375. The quantitative estimate of drug-likeness (QED) is 0.780. The highest BCUT2D eigenvalue weighted by atomic mass is 16.6. The summed E-state index contributed by atoms with van der Waals surface area (Å²) in [7, 11) is 3.07. The van der Waals surface area contributed by atoms with Crippen LogP contribution in [0.4, 0.5) is 4.79 Å². The number of hydrogen-bond acceptors (Lipinski definition) is 5. The number of nitrogens with zero attached hydrogens (tertiary/aromatic N) is 1. The second-order valence-corrected chi connectivity index (χ2v) is 5.07. The van der Waals surface area contributed by atoms with Crippen LogP contribution in [0.3, 0.4) is 0 Å². The highest BCUT2D eigenvalue weighted by Gasteiger charge is 2.38. The SMILES string of the molecule is C=C(C)[C@H]1COC(=O)N1C(=O)Cc1ccc(OC)c(OC)c1. The Balaban J connectivity index is 2.18. The lowest BCUT2D eigenvalue weighted by molar-refractivity contribution is -0.128. The van der Waals surface area contributed by atoms with Crippen molar-refractivity contribution in [3.05, 3.63) is 35.9 Å². The van der Waals surface area contributed by atoms with E-state index >= 15 is 0 Å². The average Bonchev–Trinajstić information content (AvgIpc) is 2.89. The van der Waals surface area contributed by atoms with Gasteiger partial charge in [-0.3, -0.25) is 4.79 Å². The van der Waals surface area contributed by atoms with E-state index in [4.69, 9.17) is 14.2 Å². The molecule has 1 aromatic rings. The third kappa shape index (κ3) is 3.05. The van der Waals surface area contributed by atoms with Crippen molar-refractivity contribution >= 4 is 12.0 Å². The van der Waals surface area contributed by atoms with E-state index in [1.165, 1.54) is 7.11 Å². The van der Waals surface area contributed by atoms with Gasteiger partial charge in [0.05, 0.1) is 26.7 Å². The van der Waals surface area contributed by atoms with E-state index < -0.39 is 12.1 Å². The zero-order valence-electron chi connectivity index (χ0n) is 12.9. The van der Waals surface area contributed by atoms with Crippen LogP contribution in [0.2, 0.25) is 0 Å². The number of cyclic esters (lactones) is 1. The molecule has 0 saturated carbocycles. The van der Waals surface area contributed by atoms with Crippen molar-refractivity contribution in [2.45, 2.75) is 19.4 Å². The molecule has 1 heterocycles. The van der Waals surface area contributed by atoms with Crippen LogP contribution in [0.15, 0.2) is 30.4 Å². The standard InChI is InChI=1S/C16H19NO5/c1-10(2)12-9-22-16(19)17(12)15(18)8-11-5-6-13(20-3)14(7-11)21-4/h5-7,12H,1,8-9H2,2-4H3/t12-/m1/s1. The average molecular weight is 305 g/mol. The van der Waals surface area contributed by atoms with E-state index in [0.717, 1.165) is 10.5 Å². The van der Waals surface area contributed by atoms with Crippen LogP contribution in [0, 0.1) is 0 Å². The molecule has 1 saturated heterocycles. The normalized spacial score (nSPS) is 17.1. The zero-order chi connectivity index (χ0) is 16.3. The van der Waals surface area contributed by atoms with Crippen LogP contribution in [0.5, 0.6) is 11.5 Å². The van der Waals surface area contributed by atoms with Crippen LogP contribution in [0.1, 0.15) is 12.5 Å². The maximum Gasteiger partial charge on any atom is 0.417 e. The van der Waals surface area contributed by atoms with Crippen LogP contribution in [-0.2, 0) is 16.0 Å². The highest BCUT2D eigenvalue weighted by molar-refractivity contribution is 5.95. The predicted octanol–water partition coefficient (Wildman–Crippen LogP) is 2.17. The Hall–Kier alpha value is -2.50. The van der Waals surface area contributed by atoms with Gasteiger partial charge in [-0.1, -0.05) is 18.2 Å². The predicted molar refractivity (Wildman–Crippen MR) is 80.0 cm³/mol. The van der Waals surface area contributed by atoms with Gasteiger partial charge in [-0.25, -0.2) is 9.69 Å². The minimum Gasteiger partial charge on any atom is -0.493 e. The van der Waals surface area contributed by atoms with E-state index in [9.17, 15) is 9.59 Å². The summed E-state index contributed by atoms with van der Waals surface area (Å²) in [6.07, 6.45) is -0.558. The van der Waals surface area contributed by atoms with Crippen LogP contribution in [0.25, 0.3) is 0 Å². The summed E-state index contributed by atoms with van der Waals surface area (Å²) in [5, 5.41) is 0. The Bertz CT molecular complexity index is 611. The third-order valence-corrected chi connectivity index (χ3v) is 3.51. The number of carbonyl (C=O) groups is 2. The summed E-state index contributed by atoms with van der Waals surface area (Å²) in [6.45, 7) is 5.72. The molecule has 22 heavy (non-hydrogen) atoms. The van der Waals surface area contributed by atoms with Crippen molar-refractivity contribution in [3.8, 4) is 11.5 Å². The molecule has 1 fully saturated rings. The fourth-order valence-electron chi connectivity index (χ4n) is 2.31. The number of benzene rings is 1. The number of hydrogen-bond donors (Lipinski definition) is 0. The lowest BCUT2D eigenvalue weighted by Gasteiger charge is -2.19. The minimum atomic E-state index is -0.626. The van der Waals surface area contributed by atoms with Gasteiger partial charge in [0.15, 0.2) is 11.5 Å². The number of imide groups is 1. The zero-order valence-corrected chi connectivity index (χ0v) is 12.9. The van der Waals surface area contributed by atoms with E-state index in [1.807, 2.05) is 0 Å². The smallest absolute Gasteiger partial charge is 0.417 e. The Labute approximate surface area is 129 Å². The molecule has 0 spiro atoms. The van der Waals surface area contributed by atoms with Gasteiger partial charge >= 0.3 is 6.09 Å². The monoisotopic (exact) mass is 305 g/mol. The van der Waals surface area contributed by atoms with Gasteiger partial charge in [0.25, 0.3) is 0 Å². The van der Waals surface area contributed by atoms with Crippen molar-refractivity contribution < 1.29 is 23.8 Å². The first-order chi connectivity index (χ1) is 10.5. The summed E-state index contributed by atoms with van der Waals surface area (Å²) >= 11 is 0. The highest BCUT2D eigenvalue weighted by Crippen LogP contribution is 2.28. The molecule has 118 valence electrons. The second-order valence-electron chi connectivity index (χ2n) is 5.07. The van der Waals surface area contributed by atoms with Gasteiger partial charge in [-0.2, -0.15) is 0 Å². The lowest BCUT2D eigenvalue weighted by atomic mass is 10.1. The first-order valence-corrected chi connectivity index (χ1v) is 6.83. The van der Waals surface area contributed by atoms with Gasteiger partial charge in [0, 0.05) is 0 Å². The third-order valence-electron chi connectivity index (χ3n) is 3.51. The Kier molecular flexibility index (Phi) is 4.70. The largest absolute Gasteiger partial charge is 0.493 e. The molecule has 6 nitrogen and oxygen atoms in total. The molecule has 2 rings (SSSR count). The molecule has 0 aromatic heterocycles. The van der Waals surface area contributed by atoms with Gasteiger partial charge in [-0.05, 0) is 24.6 Å². The van der Waals surface area contributed by atoms with Gasteiger partial charge in [0.2, 0.25) is 5.91 Å². The van der Waals surface area contributed by atoms with E-state index in [1.54, 1.807) is 32.2 Å². The van der Waals surface area contributed by atoms with E-state index in [2.05, 4.69) is 6.58 Å². The lowest BCUT2D eigenvalue weighted by Crippen LogP contribution is -2.40. The van der Waals surface area contributed by atoms with Gasteiger partial charge in [-0.15, -0.1) is 0 Å². The molecule has 0 radical (unpaired) electrons. The molecule has 0 bridgehead atoms. The van der Waals surface area contributed by atoms with Crippen molar-refractivity contribution in [2.75, 3.05) is 20.8 Å². The molecule has 2 amide bonds. The van der Waals surface area contributed by atoms with Crippen LogP contribution < -0.4 is 9.47 Å². The first-order valence-electron chi connectivity index (χ1n) is 6.83. The second kappa shape index (κ2) is 6.51. The Morgan fingerprint density at radius 3 is 2.64 bits per heavy atom. The molecule has 0 N–H and O–H groups in total. The first kappa shape index (κ1) is 15.9. The minimum absolute atomic E-state index is 0.0687. The van der Waals surface area contributed by atoms with E-state index in [0.29, 0.717) is 17.1 Å². The summed E-state index contributed by atoms with van der Waals surface area (Å²) in [6, 6.07) is 4.80. The molecule has 0 aliphatic carbocycles. The van der Waals surface area contributed by atoms with Gasteiger partial charge < -0.3 is 14.2 Å². The Morgan fingerprint density at radius 2 is 2.05 bits per heavy atom. The van der Waals surface area contributed by atoms with Crippen molar-refractivity contribution in [1.82, 2.24) is 4.90 Å². The molecule has 1 atom stereocenters. The number of methoxy groups -OCH3 is 2. The summed E-state index contributed by atoms with van der Waals surface area (Å²) < 4.78 is 15.3. The molecule has 1 aliphatic rings. The maximum atomic E-state index is 12.4. The van der Waals surface area contributed by atoms with Crippen LogP contribution in [-0.4, -0.2) is 43.8 Å². The molecule has 0 unspecified atom stereocenters. The molecule has 1 aromatic carbocycles. The molecular formula is C16H19NO5. The summed E-state index contributed by atoms with van der Waals surface area (Å²) in [5.74, 6) is 0.787. The van der Waals surface area contributed by atoms with Crippen molar-refractivity contribution in [2.24, 2.45) is 0 Å². The number of amides is 2. The van der Waals surface area contributed by atoms with Crippen molar-refractivity contribution in [1.29, 1.82) is 0 Å². The van der Waals surface area contributed by atoms with Crippen LogP contribution >= 0.6 is 0 Å². The van der Waals surface area contributed by atoms with Crippen molar-refractivity contribution in [3.63, 3.8) is 0 Å². The molecular weight excluding hydrogens is 286 g/mol. The molecule has 1 aliphatic heterocycles. The topological polar surface area (TPSA) is 65.1 Å². The maximum absolute atomic E-state index is 12.4. The Morgan fingerprint density at radius 1 is 1.36 bits per heavy atom.